The van der Waals surface area contributed by atoms with E-state index < -0.39 is 0 Å². The van der Waals surface area contributed by atoms with E-state index in [0.29, 0.717) is 18.1 Å². The van der Waals surface area contributed by atoms with Crippen molar-refractivity contribution in [1.82, 2.24) is 25.5 Å². The van der Waals surface area contributed by atoms with Crippen LogP contribution in [0.3, 0.4) is 0 Å². The second-order valence-corrected chi connectivity index (χ2v) is 4.86. The van der Waals surface area contributed by atoms with Gasteiger partial charge in [-0.15, -0.1) is 0 Å². The molecule has 1 aromatic heterocycles. The van der Waals surface area contributed by atoms with E-state index in [0.717, 1.165) is 12.0 Å². The van der Waals surface area contributed by atoms with Crippen LogP contribution in [0.1, 0.15) is 29.3 Å². The molecule has 2 N–H and O–H groups in total. The third kappa shape index (κ3) is 3.82. The number of rotatable bonds is 4. The number of thiocarbonyl (C=S) groups is 1. The van der Waals surface area contributed by atoms with Gasteiger partial charge in [0.15, 0.2) is 5.11 Å². The van der Waals surface area contributed by atoms with Gasteiger partial charge in [-0.05, 0) is 47.6 Å². The van der Waals surface area contributed by atoms with E-state index in [4.69, 9.17) is 12.2 Å². The maximum atomic E-state index is 12.1. The highest BCUT2D eigenvalue weighted by Crippen LogP contribution is 2.07. The smallest absolute Gasteiger partial charge is 0.257 e. The van der Waals surface area contributed by atoms with Gasteiger partial charge < -0.3 is 0 Å². The van der Waals surface area contributed by atoms with Crippen molar-refractivity contribution in [2.75, 3.05) is 5.32 Å². The van der Waals surface area contributed by atoms with Crippen LogP contribution in [0.5, 0.6) is 0 Å². The minimum absolute atomic E-state index is 0.162. The Bertz CT molecular complexity index is 654. The summed E-state index contributed by atoms with van der Waals surface area (Å²) in [6.07, 6.45) is 0.891. The topological polar surface area (TPSA) is 84.7 Å². The van der Waals surface area contributed by atoms with Gasteiger partial charge in [0.25, 0.3) is 5.91 Å². The summed E-state index contributed by atoms with van der Waals surface area (Å²) < 4.78 is 1.59. The van der Waals surface area contributed by atoms with Gasteiger partial charge in [0.05, 0.1) is 0 Å². The molecule has 21 heavy (non-hydrogen) atoms. The number of tetrazole rings is 1. The molecule has 0 bridgehead atoms. The molecule has 0 saturated carbocycles. The van der Waals surface area contributed by atoms with Crippen LogP contribution in [-0.2, 0) is 6.54 Å². The lowest BCUT2D eigenvalue weighted by atomic mass is 10.1. The van der Waals surface area contributed by atoms with Gasteiger partial charge in [0, 0.05) is 12.1 Å². The third-order valence-corrected chi connectivity index (χ3v) is 3.01. The van der Waals surface area contributed by atoms with Crippen LogP contribution >= 0.6 is 12.2 Å². The van der Waals surface area contributed by atoms with E-state index in [9.17, 15) is 4.79 Å². The molecule has 0 aliphatic rings. The minimum Gasteiger partial charge on any atom is -0.300 e. The third-order valence-electron chi connectivity index (χ3n) is 2.81. The zero-order chi connectivity index (χ0) is 15.2. The second-order valence-electron chi connectivity index (χ2n) is 4.45. The molecule has 1 heterocycles. The molecule has 1 amide bonds. The lowest BCUT2D eigenvalue weighted by Gasteiger charge is -2.10. The quantitative estimate of drug-likeness (QED) is 0.833. The molecule has 1 aromatic carbocycles. The first-order valence-corrected chi connectivity index (χ1v) is 6.96. The Morgan fingerprint density at radius 3 is 2.86 bits per heavy atom. The van der Waals surface area contributed by atoms with Crippen LogP contribution < -0.4 is 10.6 Å². The highest BCUT2D eigenvalue weighted by atomic mass is 32.1. The van der Waals surface area contributed by atoms with Crippen LogP contribution in [-0.4, -0.2) is 31.2 Å². The number of aryl methyl sites for hydroxylation is 2. The Kier molecular flexibility index (Phi) is 4.94. The summed E-state index contributed by atoms with van der Waals surface area (Å²) in [5, 5.41) is 16.8. The lowest BCUT2D eigenvalue weighted by molar-refractivity contribution is 0.0977. The second kappa shape index (κ2) is 6.89. The van der Waals surface area contributed by atoms with E-state index in [2.05, 4.69) is 26.2 Å². The standard InChI is InChI=1S/C13H16N6OS/c1-3-8-19-12(16-17-18-19)15-13(21)14-11(20)10-7-5-4-6-9(10)2/h4-7H,3,8H2,1-2H3,(H2,14,15,16,18,20,21). The van der Waals surface area contributed by atoms with Crippen molar-refractivity contribution in [3.63, 3.8) is 0 Å². The molecule has 7 nitrogen and oxygen atoms in total. The first-order chi connectivity index (χ1) is 10.1. The molecule has 0 aliphatic heterocycles. The van der Waals surface area contributed by atoms with Crippen molar-refractivity contribution in [2.24, 2.45) is 0 Å². The SMILES string of the molecule is CCCn1nnnc1NC(=S)NC(=O)c1ccccc1C. The zero-order valence-corrected chi connectivity index (χ0v) is 12.6. The van der Waals surface area contributed by atoms with E-state index in [1.165, 1.54) is 0 Å². The predicted octanol–water partition coefficient (Wildman–Crippen LogP) is 1.52. The van der Waals surface area contributed by atoms with Crippen molar-refractivity contribution in [2.45, 2.75) is 26.8 Å². The number of anilines is 1. The molecule has 2 rings (SSSR count). The summed E-state index contributed by atoms with van der Waals surface area (Å²) in [5.74, 6) is 0.145. The minimum atomic E-state index is -0.264. The molecule has 0 spiro atoms. The number of carbonyl (C=O) groups excluding carboxylic acids is 1. The summed E-state index contributed by atoms with van der Waals surface area (Å²) >= 11 is 5.11. The number of hydrogen-bond donors (Lipinski definition) is 2. The maximum Gasteiger partial charge on any atom is 0.257 e. The Morgan fingerprint density at radius 2 is 2.14 bits per heavy atom. The summed E-state index contributed by atoms with van der Waals surface area (Å²) in [7, 11) is 0. The van der Waals surface area contributed by atoms with Crippen molar-refractivity contribution in [1.29, 1.82) is 0 Å². The molecular formula is C13H16N6OS. The van der Waals surface area contributed by atoms with E-state index >= 15 is 0 Å². The van der Waals surface area contributed by atoms with Crippen molar-refractivity contribution in [3.8, 4) is 0 Å². The van der Waals surface area contributed by atoms with E-state index in [1.54, 1.807) is 16.8 Å². The molecule has 0 fully saturated rings. The normalized spacial score (nSPS) is 10.2. The molecule has 0 aliphatic carbocycles. The van der Waals surface area contributed by atoms with Crippen molar-refractivity contribution in [3.05, 3.63) is 35.4 Å². The predicted molar refractivity (Wildman–Crippen MR) is 83.0 cm³/mol. The number of nitrogens with one attached hydrogen (secondary N) is 2. The fourth-order valence-electron chi connectivity index (χ4n) is 1.79. The van der Waals surface area contributed by atoms with Gasteiger partial charge in [-0.25, -0.2) is 4.68 Å². The molecule has 0 atom stereocenters. The number of benzene rings is 1. The summed E-state index contributed by atoms with van der Waals surface area (Å²) in [4.78, 5) is 12.1. The number of hydrogen-bond acceptors (Lipinski definition) is 5. The number of aromatic nitrogens is 4. The number of amides is 1. The molecule has 0 saturated heterocycles. The fourth-order valence-corrected chi connectivity index (χ4v) is 1.97. The molecule has 0 radical (unpaired) electrons. The molecular weight excluding hydrogens is 288 g/mol. The average molecular weight is 304 g/mol. The largest absolute Gasteiger partial charge is 0.300 e. The monoisotopic (exact) mass is 304 g/mol. The summed E-state index contributed by atoms with van der Waals surface area (Å²) in [5.41, 5.74) is 1.46. The van der Waals surface area contributed by atoms with Gasteiger partial charge in [-0.1, -0.05) is 30.2 Å². The molecule has 0 unspecified atom stereocenters. The Morgan fingerprint density at radius 1 is 1.38 bits per heavy atom. The summed E-state index contributed by atoms with van der Waals surface area (Å²) in [6.45, 7) is 4.56. The Labute approximate surface area is 127 Å². The fraction of sp³-hybridized carbons (Fsp3) is 0.308. The van der Waals surface area contributed by atoms with Crippen molar-refractivity contribution < 1.29 is 4.79 Å². The lowest BCUT2D eigenvalue weighted by Crippen LogP contribution is -2.35. The maximum absolute atomic E-state index is 12.1. The van der Waals surface area contributed by atoms with Gasteiger partial charge in [0.2, 0.25) is 5.95 Å². The van der Waals surface area contributed by atoms with Crippen LogP contribution in [0.25, 0.3) is 0 Å². The number of carbonyl (C=O) groups is 1. The highest BCUT2D eigenvalue weighted by Gasteiger charge is 2.12. The molecule has 2 aromatic rings. The van der Waals surface area contributed by atoms with Gasteiger partial charge in [-0.3, -0.25) is 15.4 Å². The van der Waals surface area contributed by atoms with Gasteiger partial charge in [0.1, 0.15) is 0 Å². The first-order valence-electron chi connectivity index (χ1n) is 6.56. The van der Waals surface area contributed by atoms with Crippen LogP contribution in [0.4, 0.5) is 5.95 Å². The van der Waals surface area contributed by atoms with Gasteiger partial charge >= 0.3 is 0 Å². The van der Waals surface area contributed by atoms with E-state index in [-0.39, 0.29) is 11.0 Å². The molecule has 110 valence electrons. The zero-order valence-electron chi connectivity index (χ0n) is 11.8. The van der Waals surface area contributed by atoms with Crippen LogP contribution in [0, 0.1) is 6.92 Å². The molecule has 8 heteroatoms. The Hall–Kier alpha value is -2.35. The Balaban J connectivity index is 2.00. The average Bonchev–Trinajstić information content (AvgIpc) is 2.86. The van der Waals surface area contributed by atoms with E-state index in [1.807, 2.05) is 26.0 Å². The van der Waals surface area contributed by atoms with Crippen LogP contribution in [0.15, 0.2) is 24.3 Å². The van der Waals surface area contributed by atoms with Crippen LogP contribution in [0.2, 0.25) is 0 Å². The first kappa shape index (κ1) is 15.0. The summed E-state index contributed by atoms with van der Waals surface area (Å²) in [6, 6.07) is 7.30. The van der Waals surface area contributed by atoms with Gasteiger partial charge in [-0.2, -0.15) is 0 Å². The highest BCUT2D eigenvalue weighted by molar-refractivity contribution is 7.80. The number of nitrogens with zero attached hydrogens (tertiary/aromatic N) is 4. The van der Waals surface area contributed by atoms with Crippen molar-refractivity contribution >= 4 is 29.2 Å².